The van der Waals surface area contributed by atoms with Gasteiger partial charge in [-0.2, -0.15) is 0 Å². The van der Waals surface area contributed by atoms with Gasteiger partial charge in [-0.15, -0.1) is 0 Å². The molecule has 2 rings (SSSR count). The Labute approximate surface area is 112 Å². The van der Waals surface area contributed by atoms with Gasteiger partial charge in [-0.1, -0.05) is 30.0 Å². The van der Waals surface area contributed by atoms with E-state index in [0.29, 0.717) is 0 Å². The summed E-state index contributed by atoms with van der Waals surface area (Å²) < 4.78 is 0. The Balaban J connectivity index is 2.40. The summed E-state index contributed by atoms with van der Waals surface area (Å²) in [6.07, 6.45) is 1.05. The zero-order chi connectivity index (χ0) is 13.8. The van der Waals surface area contributed by atoms with Crippen molar-refractivity contribution in [1.82, 2.24) is 4.98 Å². The van der Waals surface area contributed by atoms with E-state index in [4.69, 9.17) is 5.11 Å². The second-order valence-corrected chi connectivity index (χ2v) is 4.59. The van der Waals surface area contributed by atoms with E-state index in [1.807, 2.05) is 18.2 Å². The first kappa shape index (κ1) is 13.0. The van der Waals surface area contributed by atoms with Crippen LogP contribution in [0.5, 0.6) is 0 Å². The molecule has 0 aliphatic carbocycles. The van der Waals surface area contributed by atoms with Crippen LogP contribution in [0.4, 0.5) is 5.69 Å². The Morgan fingerprint density at radius 3 is 2.58 bits per heavy atom. The van der Waals surface area contributed by atoms with E-state index in [0.717, 1.165) is 28.9 Å². The Hall–Kier alpha value is -2.41. The van der Waals surface area contributed by atoms with Crippen LogP contribution in [0.15, 0.2) is 52.5 Å². The first-order chi connectivity index (χ1) is 9.08. The standard InChI is InChI=1S/C12H8N2O4S/c15-12(16)10-6-8(14(17)18)7-13-11(10)19-9-4-2-1-3-5-9/h1-7H,(H,15,16). The number of aromatic nitrogens is 1. The number of carbonyl (C=O) groups is 1. The zero-order valence-corrected chi connectivity index (χ0v) is 10.3. The fourth-order valence-electron chi connectivity index (χ4n) is 1.38. The van der Waals surface area contributed by atoms with Crippen LogP contribution in [0.2, 0.25) is 0 Å². The number of carboxylic acid groups (broad SMARTS) is 1. The zero-order valence-electron chi connectivity index (χ0n) is 9.52. The van der Waals surface area contributed by atoms with Crippen LogP contribution in [-0.4, -0.2) is 21.0 Å². The Morgan fingerprint density at radius 1 is 1.32 bits per heavy atom. The van der Waals surface area contributed by atoms with Crippen molar-refractivity contribution in [3.63, 3.8) is 0 Å². The number of pyridine rings is 1. The van der Waals surface area contributed by atoms with Crippen LogP contribution >= 0.6 is 11.8 Å². The van der Waals surface area contributed by atoms with Crippen molar-refractivity contribution in [2.45, 2.75) is 9.92 Å². The van der Waals surface area contributed by atoms with Crippen molar-refractivity contribution in [2.24, 2.45) is 0 Å². The van der Waals surface area contributed by atoms with Gasteiger partial charge in [0.05, 0.1) is 10.5 Å². The van der Waals surface area contributed by atoms with Gasteiger partial charge in [0.2, 0.25) is 0 Å². The molecule has 2 aromatic rings. The van der Waals surface area contributed by atoms with Crippen molar-refractivity contribution in [3.8, 4) is 0 Å². The number of aromatic carboxylic acids is 1. The molecule has 6 nitrogen and oxygen atoms in total. The van der Waals surface area contributed by atoms with Gasteiger partial charge in [0.1, 0.15) is 11.2 Å². The van der Waals surface area contributed by atoms with E-state index in [2.05, 4.69) is 4.98 Å². The molecular formula is C12H8N2O4S. The Morgan fingerprint density at radius 2 is 2.00 bits per heavy atom. The van der Waals surface area contributed by atoms with E-state index >= 15 is 0 Å². The molecule has 19 heavy (non-hydrogen) atoms. The quantitative estimate of drug-likeness (QED) is 0.681. The maximum absolute atomic E-state index is 11.1. The third kappa shape index (κ3) is 3.08. The molecule has 0 amide bonds. The molecule has 7 heteroatoms. The average molecular weight is 276 g/mol. The van der Waals surface area contributed by atoms with Crippen molar-refractivity contribution >= 4 is 23.4 Å². The minimum absolute atomic E-state index is 0.178. The first-order valence-electron chi connectivity index (χ1n) is 5.18. The number of nitrogens with zero attached hydrogens (tertiary/aromatic N) is 2. The van der Waals surface area contributed by atoms with Gasteiger partial charge in [0, 0.05) is 11.0 Å². The highest BCUT2D eigenvalue weighted by atomic mass is 32.2. The number of hydrogen-bond donors (Lipinski definition) is 1. The second-order valence-electron chi connectivity index (χ2n) is 3.52. The van der Waals surface area contributed by atoms with E-state index in [1.54, 1.807) is 12.1 Å². The highest BCUT2D eigenvalue weighted by Crippen LogP contribution is 2.30. The lowest BCUT2D eigenvalue weighted by atomic mass is 10.3. The van der Waals surface area contributed by atoms with E-state index in [9.17, 15) is 14.9 Å². The summed E-state index contributed by atoms with van der Waals surface area (Å²) in [6, 6.07) is 10.1. The summed E-state index contributed by atoms with van der Waals surface area (Å²) in [6.45, 7) is 0. The highest BCUT2D eigenvalue weighted by molar-refractivity contribution is 7.99. The molecule has 0 saturated heterocycles. The molecule has 1 aromatic heterocycles. The van der Waals surface area contributed by atoms with Crippen molar-refractivity contribution in [3.05, 3.63) is 58.3 Å². The van der Waals surface area contributed by atoms with Crippen molar-refractivity contribution < 1.29 is 14.8 Å². The Bertz CT molecular complexity index is 631. The number of hydrogen-bond acceptors (Lipinski definition) is 5. The second kappa shape index (κ2) is 5.49. The molecule has 0 radical (unpaired) electrons. The average Bonchev–Trinajstić information content (AvgIpc) is 2.39. The summed E-state index contributed by atoms with van der Waals surface area (Å²) in [5, 5.41) is 19.9. The van der Waals surface area contributed by atoms with Crippen molar-refractivity contribution in [2.75, 3.05) is 0 Å². The molecule has 1 aromatic carbocycles. The number of nitro groups is 1. The van der Waals surface area contributed by atoms with E-state index in [1.165, 1.54) is 0 Å². The van der Waals surface area contributed by atoms with Gasteiger partial charge in [0.15, 0.2) is 0 Å². The molecule has 0 atom stereocenters. The van der Waals surface area contributed by atoms with Gasteiger partial charge >= 0.3 is 5.97 Å². The third-order valence-electron chi connectivity index (χ3n) is 2.24. The van der Waals surface area contributed by atoms with Gasteiger partial charge in [0.25, 0.3) is 5.69 Å². The predicted molar refractivity (Wildman–Crippen MR) is 68.4 cm³/mol. The van der Waals surface area contributed by atoms with Crippen LogP contribution in [0.25, 0.3) is 0 Å². The summed E-state index contributed by atoms with van der Waals surface area (Å²) in [7, 11) is 0. The number of benzene rings is 1. The van der Waals surface area contributed by atoms with E-state index < -0.39 is 10.9 Å². The Kier molecular flexibility index (Phi) is 3.76. The third-order valence-corrected chi connectivity index (χ3v) is 3.26. The normalized spacial score (nSPS) is 10.1. The highest BCUT2D eigenvalue weighted by Gasteiger charge is 2.18. The van der Waals surface area contributed by atoms with Crippen LogP contribution < -0.4 is 0 Å². The number of carboxylic acids is 1. The van der Waals surface area contributed by atoms with E-state index in [-0.39, 0.29) is 16.3 Å². The smallest absolute Gasteiger partial charge is 0.338 e. The minimum Gasteiger partial charge on any atom is -0.478 e. The topological polar surface area (TPSA) is 93.3 Å². The lowest BCUT2D eigenvalue weighted by molar-refractivity contribution is -0.385. The molecule has 96 valence electrons. The van der Waals surface area contributed by atoms with Crippen molar-refractivity contribution in [1.29, 1.82) is 0 Å². The predicted octanol–water partition coefficient (Wildman–Crippen LogP) is 2.84. The molecule has 0 fully saturated rings. The van der Waals surface area contributed by atoms with Crippen LogP contribution in [-0.2, 0) is 0 Å². The summed E-state index contributed by atoms with van der Waals surface area (Å²) >= 11 is 1.15. The van der Waals surface area contributed by atoms with Gasteiger partial charge in [-0.3, -0.25) is 10.1 Å². The van der Waals surface area contributed by atoms with Crippen LogP contribution in [0.3, 0.4) is 0 Å². The lowest BCUT2D eigenvalue weighted by Gasteiger charge is -2.04. The summed E-state index contributed by atoms with van der Waals surface area (Å²) in [4.78, 5) is 25.7. The molecular weight excluding hydrogens is 268 g/mol. The molecule has 1 N–H and O–H groups in total. The number of rotatable bonds is 4. The molecule has 0 saturated carbocycles. The van der Waals surface area contributed by atoms with Crippen LogP contribution in [0, 0.1) is 10.1 Å². The molecule has 0 spiro atoms. The summed E-state index contributed by atoms with van der Waals surface area (Å²) in [5.41, 5.74) is -0.516. The van der Waals surface area contributed by atoms with Crippen LogP contribution in [0.1, 0.15) is 10.4 Å². The monoisotopic (exact) mass is 276 g/mol. The SMILES string of the molecule is O=C(O)c1cc([N+](=O)[O-])cnc1Sc1ccccc1. The fourth-order valence-corrected chi connectivity index (χ4v) is 2.25. The van der Waals surface area contributed by atoms with Gasteiger partial charge in [-0.25, -0.2) is 9.78 Å². The largest absolute Gasteiger partial charge is 0.478 e. The fraction of sp³-hybridized carbons (Fsp3) is 0. The molecule has 0 unspecified atom stereocenters. The van der Waals surface area contributed by atoms with Gasteiger partial charge < -0.3 is 5.11 Å². The molecule has 1 heterocycles. The molecule has 0 aliphatic rings. The first-order valence-corrected chi connectivity index (χ1v) is 6.00. The molecule has 0 bridgehead atoms. The van der Waals surface area contributed by atoms with Gasteiger partial charge in [-0.05, 0) is 12.1 Å². The maximum Gasteiger partial charge on any atom is 0.338 e. The molecule has 0 aliphatic heterocycles. The maximum atomic E-state index is 11.1. The minimum atomic E-state index is -1.24. The summed E-state index contributed by atoms with van der Waals surface area (Å²) in [5.74, 6) is -1.24. The lowest BCUT2D eigenvalue weighted by Crippen LogP contribution is -2.02.